The van der Waals surface area contributed by atoms with Crippen LogP contribution in [0.3, 0.4) is 0 Å². The highest BCUT2D eigenvalue weighted by Gasteiger charge is 2.36. The molecule has 0 spiro atoms. The van der Waals surface area contributed by atoms with Crippen LogP contribution in [-0.4, -0.2) is 42.1 Å². The molecule has 0 aromatic carbocycles. The molecule has 1 rings (SSSR count). The van der Waals surface area contributed by atoms with Gasteiger partial charge in [0.05, 0.1) is 11.2 Å². The van der Waals surface area contributed by atoms with Gasteiger partial charge in [0.2, 0.25) is 10.0 Å². The second-order valence-corrected chi connectivity index (χ2v) is 6.26. The number of aliphatic carboxylic acids is 1. The summed E-state index contributed by atoms with van der Waals surface area (Å²) in [6, 6.07) is 0. The van der Waals surface area contributed by atoms with Gasteiger partial charge in [-0.2, -0.15) is 0 Å². The zero-order chi connectivity index (χ0) is 10.9. The molecule has 0 aliphatic carbocycles. The first-order valence-corrected chi connectivity index (χ1v) is 6.07. The average Bonchev–Trinajstić information content (AvgIpc) is 2.51. The van der Waals surface area contributed by atoms with Crippen molar-refractivity contribution < 1.29 is 18.3 Å². The highest BCUT2D eigenvalue weighted by atomic mass is 32.2. The van der Waals surface area contributed by atoms with E-state index in [1.165, 1.54) is 4.31 Å². The quantitative estimate of drug-likeness (QED) is 0.735. The van der Waals surface area contributed by atoms with E-state index in [1.807, 2.05) is 0 Å². The lowest BCUT2D eigenvalue weighted by molar-refractivity contribution is -0.141. The van der Waals surface area contributed by atoms with Gasteiger partial charge in [-0.3, -0.25) is 4.79 Å². The van der Waals surface area contributed by atoms with Crippen molar-refractivity contribution in [1.29, 1.82) is 0 Å². The number of carboxylic acid groups (broad SMARTS) is 1. The van der Waals surface area contributed by atoms with E-state index in [1.54, 1.807) is 13.8 Å². The number of hydrogen-bond donors (Lipinski definition) is 1. The molecular formula is C8H15NO4S. The number of carbonyl (C=O) groups is 1. The van der Waals surface area contributed by atoms with Crippen molar-refractivity contribution >= 4 is 16.0 Å². The van der Waals surface area contributed by atoms with Crippen molar-refractivity contribution in [2.45, 2.75) is 25.5 Å². The summed E-state index contributed by atoms with van der Waals surface area (Å²) in [6.45, 7) is 3.65. The number of nitrogens with zero attached hydrogens (tertiary/aromatic N) is 1. The summed E-state index contributed by atoms with van der Waals surface area (Å²) in [7, 11) is -3.27. The fourth-order valence-corrected chi connectivity index (χ4v) is 2.80. The standard InChI is InChI=1S/C8H15NO4S/c1-6(2)14(12,13)9-4-3-7(5-9)8(10)11/h6-7H,3-5H2,1-2H3,(H,10,11)/t7-/m1/s1. The normalized spacial score (nSPS) is 24.4. The van der Waals surface area contributed by atoms with Crippen LogP contribution in [0.5, 0.6) is 0 Å². The maximum absolute atomic E-state index is 11.6. The minimum absolute atomic E-state index is 0.121. The molecular weight excluding hydrogens is 206 g/mol. The van der Waals surface area contributed by atoms with E-state index in [-0.39, 0.29) is 6.54 Å². The van der Waals surface area contributed by atoms with E-state index >= 15 is 0 Å². The van der Waals surface area contributed by atoms with Crippen molar-refractivity contribution in [2.24, 2.45) is 5.92 Å². The van der Waals surface area contributed by atoms with Crippen molar-refractivity contribution in [3.8, 4) is 0 Å². The molecule has 1 N–H and O–H groups in total. The molecule has 1 saturated heterocycles. The van der Waals surface area contributed by atoms with Crippen molar-refractivity contribution in [2.75, 3.05) is 13.1 Å². The largest absolute Gasteiger partial charge is 0.481 e. The third-order valence-electron chi connectivity index (χ3n) is 2.46. The molecule has 5 nitrogen and oxygen atoms in total. The zero-order valence-corrected chi connectivity index (χ0v) is 9.12. The van der Waals surface area contributed by atoms with Crippen LogP contribution in [0, 0.1) is 5.92 Å². The van der Waals surface area contributed by atoms with Crippen molar-refractivity contribution in [3.63, 3.8) is 0 Å². The molecule has 1 heterocycles. The molecule has 0 unspecified atom stereocenters. The summed E-state index contributed by atoms with van der Waals surface area (Å²) in [5, 5.41) is 8.24. The van der Waals surface area contributed by atoms with Crippen LogP contribution in [0.25, 0.3) is 0 Å². The Labute approximate surface area is 83.8 Å². The lowest BCUT2D eigenvalue weighted by atomic mass is 10.1. The highest BCUT2D eigenvalue weighted by molar-refractivity contribution is 7.89. The van der Waals surface area contributed by atoms with Crippen LogP contribution in [-0.2, 0) is 14.8 Å². The Morgan fingerprint density at radius 1 is 1.50 bits per heavy atom. The summed E-state index contributed by atoms with van der Waals surface area (Å²) in [6.07, 6.45) is 0.418. The molecule has 6 heteroatoms. The van der Waals surface area contributed by atoms with Gasteiger partial charge in [0.25, 0.3) is 0 Å². The third-order valence-corrected chi connectivity index (χ3v) is 4.70. The van der Waals surface area contributed by atoms with Gasteiger partial charge in [-0.1, -0.05) is 0 Å². The van der Waals surface area contributed by atoms with Gasteiger partial charge in [0.15, 0.2) is 0 Å². The molecule has 0 aromatic rings. The molecule has 1 aliphatic rings. The molecule has 0 amide bonds. The molecule has 14 heavy (non-hydrogen) atoms. The summed E-state index contributed by atoms with van der Waals surface area (Å²) >= 11 is 0. The fraction of sp³-hybridized carbons (Fsp3) is 0.875. The van der Waals surface area contributed by atoms with Crippen molar-refractivity contribution in [1.82, 2.24) is 4.31 Å². The van der Waals surface area contributed by atoms with Crippen LogP contribution in [0.15, 0.2) is 0 Å². The maximum Gasteiger partial charge on any atom is 0.307 e. The predicted octanol–water partition coefficient (Wildman–Crippen LogP) is 0.131. The summed E-state index contributed by atoms with van der Waals surface area (Å²) in [4.78, 5) is 10.6. The van der Waals surface area contributed by atoms with Gasteiger partial charge in [0, 0.05) is 13.1 Å². The molecule has 0 aromatic heterocycles. The summed E-state index contributed by atoms with van der Waals surface area (Å²) in [5.74, 6) is -1.45. The van der Waals surface area contributed by atoms with Gasteiger partial charge in [-0.15, -0.1) is 0 Å². The number of hydrogen-bond acceptors (Lipinski definition) is 3. The van der Waals surface area contributed by atoms with E-state index in [4.69, 9.17) is 5.11 Å². The minimum Gasteiger partial charge on any atom is -0.481 e. The van der Waals surface area contributed by atoms with Crippen LogP contribution in [0.4, 0.5) is 0 Å². The van der Waals surface area contributed by atoms with E-state index in [0.717, 1.165) is 0 Å². The highest BCUT2D eigenvalue weighted by Crippen LogP contribution is 2.21. The van der Waals surface area contributed by atoms with Gasteiger partial charge >= 0.3 is 5.97 Å². The lowest BCUT2D eigenvalue weighted by Gasteiger charge is -2.18. The van der Waals surface area contributed by atoms with Gasteiger partial charge < -0.3 is 5.11 Å². The molecule has 1 atom stereocenters. The smallest absolute Gasteiger partial charge is 0.307 e. The Morgan fingerprint density at radius 3 is 2.43 bits per heavy atom. The Balaban J connectivity index is 2.72. The number of sulfonamides is 1. The Hall–Kier alpha value is -0.620. The predicted molar refractivity (Wildman–Crippen MR) is 51.4 cm³/mol. The molecule has 82 valence electrons. The topological polar surface area (TPSA) is 74.7 Å². The van der Waals surface area contributed by atoms with Gasteiger partial charge in [0.1, 0.15) is 0 Å². The molecule has 1 aliphatic heterocycles. The monoisotopic (exact) mass is 221 g/mol. The molecule has 0 radical (unpaired) electrons. The first-order valence-electron chi connectivity index (χ1n) is 4.57. The maximum atomic E-state index is 11.6. The third kappa shape index (κ3) is 2.06. The SMILES string of the molecule is CC(C)S(=O)(=O)N1CC[C@@H](C(=O)O)C1. The first kappa shape index (κ1) is 11.5. The second-order valence-electron chi connectivity index (χ2n) is 3.78. The van der Waals surface area contributed by atoms with E-state index in [0.29, 0.717) is 13.0 Å². The van der Waals surface area contributed by atoms with Gasteiger partial charge in [-0.05, 0) is 20.3 Å². The van der Waals surface area contributed by atoms with Crippen LogP contribution >= 0.6 is 0 Å². The Morgan fingerprint density at radius 2 is 2.07 bits per heavy atom. The van der Waals surface area contributed by atoms with Crippen molar-refractivity contribution in [3.05, 3.63) is 0 Å². The average molecular weight is 221 g/mol. The fourth-order valence-electron chi connectivity index (χ4n) is 1.46. The van der Waals surface area contributed by atoms with E-state index in [9.17, 15) is 13.2 Å². The van der Waals surface area contributed by atoms with E-state index in [2.05, 4.69) is 0 Å². The Bertz CT molecular complexity index is 322. The molecule has 0 bridgehead atoms. The Kier molecular flexibility index (Phi) is 3.16. The summed E-state index contributed by atoms with van der Waals surface area (Å²) < 4.78 is 24.5. The number of carboxylic acids is 1. The van der Waals surface area contributed by atoms with Crippen LogP contribution in [0.2, 0.25) is 0 Å². The molecule has 0 saturated carbocycles. The number of rotatable bonds is 3. The zero-order valence-electron chi connectivity index (χ0n) is 8.30. The summed E-state index contributed by atoms with van der Waals surface area (Å²) in [5.41, 5.74) is 0. The van der Waals surface area contributed by atoms with Crippen LogP contribution in [0.1, 0.15) is 20.3 Å². The lowest BCUT2D eigenvalue weighted by Crippen LogP contribution is -2.35. The first-order chi connectivity index (χ1) is 6.35. The van der Waals surface area contributed by atoms with E-state index < -0.39 is 27.2 Å². The minimum atomic E-state index is -3.27. The second kappa shape index (κ2) is 3.86. The molecule has 1 fully saturated rings. The van der Waals surface area contributed by atoms with Crippen LogP contribution < -0.4 is 0 Å². The van der Waals surface area contributed by atoms with Gasteiger partial charge in [-0.25, -0.2) is 12.7 Å².